The van der Waals surface area contributed by atoms with Crippen LogP contribution >= 0.6 is 27.5 Å². The van der Waals surface area contributed by atoms with E-state index in [-0.39, 0.29) is 17.5 Å². The average molecular weight is 386 g/mol. The van der Waals surface area contributed by atoms with Crippen molar-refractivity contribution in [2.24, 2.45) is 0 Å². The van der Waals surface area contributed by atoms with Crippen molar-refractivity contribution in [2.75, 3.05) is 11.9 Å². The Labute approximate surface area is 139 Å². The first-order valence-electron chi connectivity index (χ1n) is 6.25. The van der Waals surface area contributed by atoms with E-state index < -0.39 is 11.7 Å². The number of carbonyl (C=O) groups excluding carboxylic acids is 2. The monoisotopic (exact) mass is 384 g/mol. The number of benzene rings is 2. The van der Waals surface area contributed by atoms with Gasteiger partial charge in [0.25, 0.3) is 5.91 Å². The Bertz CT molecular complexity index is 724. The number of anilines is 1. The maximum absolute atomic E-state index is 13.0. The molecule has 0 atom stereocenters. The lowest BCUT2D eigenvalue weighted by atomic mass is 10.2. The van der Waals surface area contributed by atoms with Gasteiger partial charge >= 0.3 is 0 Å². The van der Waals surface area contributed by atoms with Gasteiger partial charge in [0, 0.05) is 10.2 Å². The van der Waals surface area contributed by atoms with Crippen LogP contribution in [0.15, 0.2) is 46.9 Å². The highest BCUT2D eigenvalue weighted by Gasteiger charge is 2.11. The molecule has 0 aliphatic heterocycles. The van der Waals surface area contributed by atoms with E-state index in [4.69, 9.17) is 11.6 Å². The van der Waals surface area contributed by atoms with Crippen molar-refractivity contribution in [3.05, 3.63) is 63.3 Å². The summed E-state index contributed by atoms with van der Waals surface area (Å²) >= 11 is 8.88. The standard InChI is InChI=1S/C15H11BrClFN2O2/c16-11-4-2-1-3-10(11)15(22)19-8-14(21)20-9-5-6-13(18)12(17)7-9/h1-7H,8H2,(H,19,22)(H,20,21). The van der Waals surface area contributed by atoms with E-state index in [2.05, 4.69) is 26.6 Å². The van der Waals surface area contributed by atoms with Gasteiger partial charge in [0.05, 0.1) is 17.1 Å². The van der Waals surface area contributed by atoms with E-state index in [1.807, 2.05) is 0 Å². The lowest BCUT2D eigenvalue weighted by Gasteiger charge is -2.08. The first-order chi connectivity index (χ1) is 10.5. The highest BCUT2D eigenvalue weighted by Crippen LogP contribution is 2.19. The molecule has 0 fully saturated rings. The molecular formula is C15H11BrClFN2O2. The van der Waals surface area contributed by atoms with Crippen LogP contribution in [0.5, 0.6) is 0 Å². The predicted octanol–water partition coefficient (Wildman–Crippen LogP) is 3.61. The zero-order valence-electron chi connectivity index (χ0n) is 11.2. The maximum atomic E-state index is 13.0. The molecular weight excluding hydrogens is 375 g/mol. The van der Waals surface area contributed by atoms with Crippen molar-refractivity contribution in [1.29, 1.82) is 0 Å². The minimum absolute atomic E-state index is 0.0879. The molecule has 0 saturated heterocycles. The van der Waals surface area contributed by atoms with Crippen molar-refractivity contribution >= 4 is 45.0 Å². The smallest absolute Gasteiger partial charge is 0.252 e. The summed E-state index contributed by atoms with van der Waals surface area (Å²) < 4.78 is 13.6. The summed E-state index contributed by atoms with van der Waals surface area (Å²) in [6.45, 7) is -0.213. The van der Waals surface area contributed by atoms with Crippen LogP contribution < -0.4 is 10.6 Å². The lowest BCUT2D eigenvalue weighted by Crippen LogP contribution is -2.33. The van der Waals surface area contributed by atoms with Gasteiger partial charge < -0.3 is 10.6 Å². The summed E-state index contributed by atoms with van der Waals surface area (Å²) in [5, 5.41) is 4.92. The quantitative estimate of drug-likeness (QED) is 0.845. The molecule has 2 rings (SSSR count). The number of rotatable bonds is 4. The minimum atomic E-state index is -0.568. The zero-order chi connectivity index (χ0) is 16.1. The molecule has 22 heavy (non-hydrogen) atoms. The highest BCUT2D eigenvalue weighted by molar-refractivity contribution is 9.10. The summed E-state index contributed by atoms with van der Waals surface area (Å²) in [5.74, 6) is -1.38. The van der Waals surface area contributed by atoms with Crippen LogP contribution in [0, 0.1) is 5.82 Å². The number of halogens is 3. The molecule has 4 nitrogen and oxygen atoms in total. The summed E-state index contributed by atoms with van der Waals surface area (Å²) in [4.78, 5) is 23.7. The Morgan fingerprint density at radius 3 is 2.59 bits per heavy atom. The van der Waals surface area contributed by atoms with E-state index >= 15 is 0 Å². The van der Waals surface area contributed by atoms with Crippen LogP contribution in [-0.4, -0.2) is 18.4 Å². The van der Waals surface area contributed by atoms with Crippen LogP contribution in [0.1, 0.15) is 10.4 Å². The Morgan fingerprint density at radius 1 is 1.18 bits per heavy atom. The second kappa shape index (κ2) is 7.38. The van der Waals surface area contributed by atoms with Gasteiger partial charge in [0.15, 0.2) is 0 Å². The number of carbonyl (C=O) groups is 2. The van der Waals surface area contributed by atoms with Crippen LogP contribution in [0.3, 0.4) is 0 Å². The van der Waals surface area contributed by atoms with Crippen LogP contribution in [0.2, 0.25) is 5.02 Å². The molecule has 0 saturated carbocycles. The summed E-state index contributed by atoms with van der Waals surface area (Å²) in [7, 11) is 0. The van der Waals surface area contributed by atoms with Gasteiger partial charge in [-0.1, -0.05) is 23.7 Å². The molecule has 0 bridgehead atoms. The summed E-state index contributed by atoms with van der Waals surface area (Å²) in [6.07, 6.45) is 0. The van der Waals surface area contributed by atoms with Crippen LogP contribution in [0.25, 0.3) is 0 Å². The summed E-state index contributed by atoms with van der Waals surface area (Å²) in [5.41, 5.74) is 0.784. The first kappa shape index (κ1) is 16.5. The van der Waals surface area contributed by atoms with E-state index in [0.717, 1.165) is 6.07 Å². The predicted molar refractivity (Wildman–Crippen MR) is 86.5 cm³/mol. The molecule has 0 spiro atoms. The summed E-state index contributed by atoms with van der Waals surface area (Å²) in [6, 6.07) is 10.7. The van der Waals surface area contributed by atoms with E-state index in [9.17, 15) is 14.0 Å². The fraction of sp³-hybridized carbons (Fsp3) is 0.0667. The van der Waals surface area contributed by atoms with Crippen LogP contribution in [-0.2, 0) is 4.79 Å². The second-order valence-electron chi connectivity index (χ2n) is 4.34. The van der Waals surface area contributed by atoms with Crippen molar-refractivity contribution in [2.45, 2.75) is 0 Å². The molecule has 0 unspecified atom stereocenters. The van der Waals surface area contributed by atoms with Crippen molar-refractivity contribution < 1.29 is 14.0 Å². The van der Waals surface area contributed by atoms with Crippen molar-refractivity contribution in [3.63, 3.8) is 0 Å². The fourth-order valence-corrected chi connectivity index (χ4v) is 2.33. The Hall–Kier alpha value is -1.92. The van der Waals surface area contributed by atoms with Gasteiger partial charge in [0.1, 0.15) is 5.82 Å². The number of amides is 2. The molecule has 2 aromatic rings. The topological polar surface area (TPSA) is 58.2 Å². The van der Waals surface area contributed by atoms with Gasteiger partial charge in [-0.05, 0) is 46.3 Å². The van der Waals surface area contributed by atoms with Crippen molar-refractivity contribution in [1.82, 2.24) is 5.32 Å². The third kappa shape index (κ3) is 4.29. The van der Waals surface area contributed by atoms with E-state index in [0.29, 0.717) is 15.7 Å². The highest BCUT2D eigenvalue weighted by atomic mass is 79.9. The fourth-order valence-electron chi connectivity index (χ4n) is 1.68. The molecule has 0 radical (unpaired) electrons. The van der Waals surface area contributed by atoms with Crippen LogP contribution in [0.4, 0.5) is 10.1 Å². The molecule has 2 N–H and O–H groups in total. The van der Waals surface area contributed by atoms with Crippen molar-refractivity contribution in [3.8, 4) is 0 Å². The van der Waals surface area contributed by atoms with Gasteiger partial charge in [-0.15, -0.1) is 0 Å². The molecule has 2 amide bonds. The van der Waals surface area contributed by atoms with Gasteiger partial charge in [-0.3, -0.25) is 9.59 Å². The van der Waals surface area contributed by atoms with Gasteiger partial charge in [-0.2, -0.15) is 0 Å². The lowest BCUT2D eigenvalue weighted by molar-refractivity contribution is -0.115. The van der Waals surface area contributed by atoms with E-state index in [1.165, 1.54) is 12.1 Å². The third-order valence-electron chi connectivity index (χ3n) is 2.73. The first-order valence-corrected chi connectivity index (χ1v) is 7.42. The minimum Gasteiger partial charge on any atom is -0.343 e. The number of nitrogens with one attached hydrogen (secondary N) is 2. The number of hydrogen-bond acceptors (Lipinski definition) is 2. The molecule has 114 valence electrons. The molecule has 0 aliphatic rings. The SMILES string of the molecule is O=C(CNC(=O)c1ccccc1Br)Nc1ccc(F)c(Cl)c1. The second-order valence-corrected chi connectivity index (χ2v) is 5.60. The maximum Gasteiger partial charge on any atom is 0.252 e. The normalized spacial score (nSPS) is 10.1. The molecule has 2 aromatic carbocycles. The Kier molecular flexibility index (Phi) is 5.51. The Balaban J connectivity index is 1.91. The van der Waals surface area contributed by atoms with Gasteiger partial charge in [-0.25, -0.2) is 4.39 Å². The largest absolute Gasteiger partial charge is 0.343 e. The average Bonchev–Trinajstić information content (AvgIpc) is 2.49. The van der Waals surface area contributed by atoms with E-state index in [1.54, 1.807) is 24.3 Å². The molecule has 0 heterocycles. The number of hydrogen-bond donors (Lipinski definition) is 2. The molecule has 0 aliphatic carbocycles. The third-order valence-corrected chi connectivity index (χ3v) is 3.71. The molecule has 0 aromatic heterocycles. The zero-order valence-corrected chi connectivity index (χ0v) is 13.5. The van der Waals surface area contributed by atoms with Gasteiger partial charge in [0.2, 0.25) is 5.91 Å². The molecule has 7 heteroatoms. The Morgan fingerprint density at radius 2 is 1.91 bits per heavy atom.